The maximum atomic E-state index is 13.2. The molecule has 0 aromatic heterocycles. The van der Waals surface area contributed by atoms with Gasteiger partial charge in [-0.15, -0.1) is 0 Å². The van der Waals surface area contributed by atoms with Crippen LogP contribution in [0.5, 0.6) is 0 Å². The Balaban J connectivity index is 0.000000383. The summed E-state index contributed by atoms with van der Waals surface area (Å²) in [5.41, 5.74) is 5.42. The van der Waals surface area contributed by atoms with E-state index in [4.69, 9.17) is 0 Å². The Morgan fingerprint density at radius 1 is 1.05 bits per heavy atom. The highest BCUT2D eigenvalue weighted by molar-refractivity contribution is 5.68. The van der Waals surface area contributed by atoms with Crippen LogP contribution in [0.1, 0.15) is 23.6 Å². The van der Waals surface area contributed by atoms with Gasteiger partial charge in [-0.1, -0.05) is 29.8 Å². The summed E-state index contributed by atoms with van der Waals surface area (Å²) >= 11 is 0. The van der Waals surface area contributed by atoms with Gasteiger partial charge in [0.05, 0.1) is 6.61 Å². The summed E-state index contributed by atoms with van der Waals surface area (Å²) < 4.78 is 17.3. The fraction of sp³-hybridized carbons (Fsp3) is 0.278. The molecule has 0 aliphatic rings. The molecule has 0 saturated heterocycles. The number of rotatable bonds is 3. The predicted molar refractivity (Wildman–Crippen MR) is 83.7 cm³/mol. The molecule has 2 aromatic rings. The number of carbonyl (C=O) groups excluding carboxylic acids is 1. The van der Waals surface area contributed by atoms with Gasteiger partial charge < -0.3 is 4.74 Å². The average Bonchev–Trinajstić information content (AvgIpc) is 2.44. The second-order valence-corrected chi connectivity index (χ2v) is 4.83. The van der Waals surface area contributed by atoms with E-state index in [1.165, 1.54) is 22.8 Å². The molecule has 0 aliphatic carbocycles. The van der Waals surface area contributed by atoms with Crippen molar-refractivity contribution in [2.45, 2.75) is 27.7 Å². The molecule has 0 saturated carbocycles. The monoisotopic (exact) mass is 288 g/mol. The third-order valence-corrected chi connectivity index (χ3v) is 3.09. The van der Waals surface area contributed by atoms with Crippen molar-refractivity contribution in [2.24, 2.45) is 0 Å². The molecule has 0 radical (unpaired) electrons. The van der Waals surface area contributed by atoms with E-state index >= 15 is 0 Å². The van der Waals surface area contributed by atoms with E-state index in [-0.39, 0.29) is 5.82 Å². The summed E-state index contributed by atoms with van der Waals surface area (Å²) in [5, 5.41) is 0. The molecule has 0 amide bonds. The van der Waals surface area contributed by atoms with Crippen LogP contribution in [0.3, 0.4) is 0 Å². The smallest absolute Gasteiger partial charge is 0.293 e. The first-order valence-corrected chi connectivity index (χ1v) is 6.88. The largest absolute Gasteiger partial charge is 0.468 e. The topological polar surface area (TPSA) is 26.3 Å². The quantitative estimate of drug-likeness (QED) is 0.772. The molecule has 0 spiro atoms. The molecule has 21 heavy (non-hydrogen) atoms. The Bertz CT molecular complexity index is 606. The van der Waals surface area contributed by atoms with Gasteiger partial charge in [0.25, 0.3) is 6.47 Å². The molecule has 2 rings (SSSR count). The van der Waals surface area contributed by atoms with Crippen LogP contribution in [-0.4, -0.2) is 13.1 Å². The molecule has 0 heterocycles. The molecule has 0 bridgehead atoms. The molecule has 0 aliphatic heterocycles. The highest BCUT2D eigenvalue weighted by atomic mass is 19.1. The summed E-state index contributed by atoms with van der Waals surface area (Å²) in [6, 6.07) is 11.6. The fourth-order valence-electron chi connectivity index (χ4n) is 2.02. The summed E-state index contributed by atoms with van der Waals surface area (Å²) in [6.07, 6.45) is 0. The SMILES string of the molecule is CCOC=O.Cc1ccc(-c2ccc(F)c(C)c2)c(C)c1. The number of benzene rings is 2. The summed E-state index contributed by atoms with van der Waals surface area (Å²) in [7, 11) is 0. The number of hydrogen-bond donors (Lipinski definition) is 0. The van der Waals surface area contributed by atoms with Crippen LogP contribution in [-0.2, 0) is 9.53 Å². The van der Waals surface area contributed by atoms with Gasteiger partial charge in [-0.3, -0.25) is 4.79 Å². The molecule has 0 unspecified atom stereocenters. The van der Waals surface area contributed by atoms with E-state index in [2.05, 4.69) is 36.8 Å². The van der Waals surface area contributed by atoms with Crippen molar-refractivity contribution < 1.29 is 13.9 Å². The van der Waals surface area contributed by atoms with Gasteiger partial charge in [0.15, 0.2) is 0 Å². The fourth-order valence-corrected chi connectivity index (χ4v) is 2.02. The highest BCUT2D eigenvalue weighted by Crippen LogP contribution is 2.25. The van der Waals surface area contributed by atoms with Crippen LogP contribution in [0.15, 0.2) is 36.4 Å². The zero-order valence-corrected chi connectivity index (χ0v) is 12.9. The van der Waals surface area contributed by atoms with Gasteiger partial charge in [0.1, 0.15) is 5.82 Å². The van der Waals surface area contributed by atoms with Gasteiger partial charge >= 0.3 is 0 Å². The highest BCUT2D eigenvalue weighted by Gasteiger charge is 2.04. The Morgan fingerprint density at radius 2 is 1.76 bits per heavy atom. The standard InChI is InChI=1S/C15H15F.C3H6O2/c1-10-4-6-14(11(2)8-10)13-5-7-15(16)12(3)9-13;1-2-5-3-4/h4-9H,1-3H3;3H,2H2,1H3. The first-order chi connectivity index (χ1) is 9.99. The molecule has 0 N–H and O–H groups in total. The molecule has 0 atom stereocenters. The molecule has 0 fully saturated rings. The molecule has 3 heteroatoms. The van der Waals surface area contributed by atoms with Crippen LogP contribution in [0.2, 0.25) is 0 Å². The minimum atomic E-state index is -0.145. The third-order valence-electron chi connectivity index (χ3n) is 3.09. The van der Waals surface area contributed by atoms with Crippen LogP contribution in [0.4, 0.5) is 4.39 Å². The lowest BCUT2D eigenvalue weighted by atomic mass is 9.97. The number of aryl methyl sites for hydroxylation is 3. The van der Waals surface area contributed by atoms with E-state index in [0.717, 1.165) is 5.56 Å². The normalized spacial score (nSPS) is 9.57. The number of carbonyl (C=O) groups is 1. The van der Waals surface area contributed by atoms with E-state index < -0.39 is 0 Å². The zero-order valence-electron chi connectivity index (χ0n) is 12.9. The van der Waals surface area contributed by atoms with Crippen LogP contribution in [0.25, 0.3) is 11.1 Å². The van der Waals surface area contributed by atoms with Crippen molar-refractivity contribution >= 4 is 6.47 Å². The molecule has 2 aromatic carbocycles. The van der Waals surface area contributed by atoms with Crippen molar-refractivity contribution in [1.29, 1.82) is 0 Å². The third kappa shape index (κ3) is 5.03. The lowest BCUT2D eigenvalue weighted by Gasteiger charge is -2.08. The van der Waals surface area contributed by atoms with Crippen LogP contribution < -0.4 is 0 Å². The van der Waals surface area contributed by atoms with Crippen molar-refractivity contribution in [3.63, 3.8) is 0 Å². The predicted octanol–water partition coefficient (Wildman–Crippen LogP) is 4.60. The maximum Gasteiger partial charge on any atom is 0.293 e. The van der Waals surface area contributed by atoms with E-state index in [9.17, 15) is 9.18 Å². The van der Waals surface area contributed by atoms with E-state index in [1.807, 2.05) is 12.1 Å². The van der Waals surface area contributed by atoms with Crippen molar-refractivity contribution in [3.05, 3.63) is 58.9 Å². The maximum absolute atomic E-state index is 13.2. The van der Waals surface area contributed by atoms with Gasteiger partial charge in [0.2, 0.25) is 0 Å². The van der Waals surface area contributed by atoms with E-state index in [0.29, 0.717) is 18.6 Å². The first-order valence-electron chi connectivity index (χ1n) is 6.88. The first kappa shape index (κ1) is 16.9. The summed E-state index contributed by atoms with van der Waals surface area (Å²) in [5.74, 6) is -0.145. The second-order valence-electron chi connectivity index (χ2n) is 4.83. The zero-order chi connectivity index (χ0) is 15.8. The van der Waals surface area contributed by atoms with Crippen LogP contribution >= 0.6 is 0 Å². The minimum Gasteiger partial charge on any atom is -0.468 e. The Hall–Kier alpha value is -2.16. The van der Waals surface area contributed by atoms with Crippen LogP contribution in [0, 0.1) is 26.6 Å². The Kier molecular flexibility index (Phi) is 6.60. The van der Waals surface area contributed by atoms with Gasteiger partial charge in [-0.25, -0.2) is 4.39 Å². The lowest BCUT2D eigenvalue weighted by Crippen LogP contribution is -1.87. The lowest BCUT2D eigenvalue weighted by molar-refractivity contribution is -0.128. The number of halogens is 1. The number of hydrogen-bond acceptors (Lipinski definition) is 2. The molecular weight excluding hydrogens is 267 g/mol. The summed E-state index contributed by atoms with van der Waals surface area (Å²) in [4.78, 5) is 9.18. The van der Waals surface area contributed by atoms with Gasteiger partial charge in [0, 0.05) is 0 Å². The molecule has 2 nitrogen and oxygen atoms in total. The van der Waals surface area contributed by atoms with Crippen molar-refractivity contribution in [3.8, 4) is 11.1 Å². The summed E-state index contributed by atoms with van der Waals surface area (Å²) in [6.45, 7) is 8.62. The molecule has 112 valence electrons. The number of ether oxygens (including phenoxy) is 1. The molecular formula is C18H21FO2. The Labute approximate surface area is 125 Å². The van der Waals surface area contributed by atoms with Crippen molar-refractivity contribution in [2.75, 3.05) is 6.61 Å². The minimum absolute atomic E-state index is 0.145. The van der Waals surface area contributed by atoms with Gasteiger partial charge in [-0.05, 0) is 62.1 Å². The van der Waals surface area contributed by atoms with E-state index in [1.54, 1.807) is 13.8 Å². The van der Waals surface area contributed by atoms with Crippen molar-refractivity contribution in [1.82, 2.24) is 0 Å². The Morgan fingerprint density at radius 3 is 2.24 bits per heavy atom. The average molecular weight is 288 g/mol. The van der Waals surface area contributed by atoms with Gasteiger partial charge in [-0.2, -0.15) is 0 Å². The second kappa shape index (κ2) is 8.20.